The number of hydrogen-bond donors (Lipinski definition) is 0. The molecule has 0 aliphatic carbocycles. The van der Waals surface area contributed by atoms with Gasteiger partial charge in [-0.05, 0) is 20.8 Å². The molecule has 24 heavy (non-hydrogen) atoms. The van der Waals surface area contributed by atoms with E-state index in [1.54, 1.807) is 30.9 Å². The standard InChI is InChI=1S/C15H18N6O3/c1-4-23-13-11-12(16-8-17-13)21(9-18-11)7-10-6-15(3,20-19-10)14(22)24-5-2/h7-9H,4-6H2,1-3H3/b10-7+. The van der Waals surface area contributed by atoms with Crippen LogP contribution in [0.5, 0.6) is 5.88 Å². The molecule has 2 aromatic rings. The summed E-state index contributed by atoms with van der Waals surface area (Å²) in [7, 11) is 0. The Morgan fingerprint density at radius 2 is 2.17 bits per heavy atom. The van der Waals surface area contributed by atoms with Crippen molar-refractivity contribution in [2.45, 2.75) is 32.7 Å². The van der Waals surface area contributed by atoms with Crippen LogP contribution in [0.3, 0.4) is 0 Å². The molecule has 0 saturated carbocycles. The van der Waals surface area contributed by atoms with E-state index in [1.807, 2.05) is 6.92 Å². The van der Waals surface area contributed by atoms with Gasteiger partial charge >= 0.3 is 5.97 Å². The number of nitrogens with zero attached hydrogens (tertiary/aromatic N) is 6. The second kappa shape index (κ2) is 6.34. The first-order valence-electron chi connectivity index (χ1n) is 7.68. The molecule has 0 spiro atoms. The third-order valence-electron chi connectivity index (χ3n) is 3.53. The summed E-state index contributed by atoms with van der Waals surface area (Å²) in [6.07, 6.45) is 5.12. The average Bonchev–Trinajstić information content (AvgIpc) is 3.14. The molecule has 2 aromatic heterocycles. The number of carbonyl (C=O) groups is 1. The molecule has 1 aliphatic rings. The molecule has 3 rings (SSSR count). The third kappa shape index (κ3) is 2.84. The van der Waals surface area contributed by atoms with Crippen LogP contribution in [0.1, 0.15) is 27.2 Å². The molecule has 0 N–H and O–H groups in total. The summed E-state index contributed by atoms with van der Waals surface area (Å²) < 4.78 is 12.2. The molecule has 0 amide bonds. The highest BCUT2D eigenvalue weighted by Crippen LogP contribution is 2.32. The second-order valence-corrected chi connectivity index (χ2v) is 5.43. The molecule has 0 fully saturated rings. The van der Waals surface area contributed by atoms with E-state index in [1.165, 1.54) is 6.33 Å². The van der Waals surface area contributed by atoms with E-state index in [0.717, 1.165) is 0 Å². The zero-order chi connectivity index (χ0) is 17.2. The molecule has 1 unspecified atom stereocenters. The van der Waals surface area contributed by atoms with Crippen LogP contribution in [-0.4, -0.2) is 44.2 Å². The van der Waals surface area contributed by atoms with E-state index >= 15 is 0 Å². The number of azo groups is 1. The number of fused-ring (bicyclic) bond motifs is 1. The fourth-order valence-corrected chi connectivity index (χ4v) is 2.40. The summed E-state index contributed by atoms with van der Waals surface area (Å²) >= 11 is 0. The van der Waals surface area contributed by atoms with Crippen LogP contribution in [0.2, 0.25) is 0 Å². The Hall–Kier alpha value is -2.84. The molecule has 9 heteroatoms. The zero-order valence-electron chi connectivity index (χ0n) is 13.8. The van der Waals surface area contributed by atoms with E-state index in [0.29, 0.717) is 42.4 Å². The quantitative estimate of drug-likeness (QED) is 0.778. The Balaban J connectivity index is 1.88. The third-order valence-corrected chi connectivity index (χ3v) is 3.53. The summed E-state index contributed by atoms with van der Waals surface area (Å²) in [6.45, 7) is 6.15. The molecular formula is C15H18N6O3. The predicted octanol–water partition coefficient (Wildman–Crippen LogP) is 2.20. The highest BCUT2D eigenvalue weighted by Gasteiger charge is 2.40. The molecule has 1 atom stereocenters. The fourth-order valence-electron chi connectivity index (χ4n) is 2.40. The number of ether oxygens (including phenoxy) is 2. The van der Waals surface area contributed by atoms with Crippen LogP contribution in [-0.2, 0) is 9.53 Å². The molecule has 0 radical (unpaired) electrons. The maximum absolute atomic E-state index is 12.0. The summed E-state index contributed by atoms with van der Waals surface area (Å²) in [5.41, 5.74) is 0.825. The van der Waals surface area contributed by atoms with Gasteiger partial charge in [0, 0.05) is 12.6 Å². The number of imidazole rings is 1. The van der Waals surface area contributed by atoms with Gasteiger partial charge in [-0.25, -0.2) is 14.8 Å². The van der Waals surface area contributed by atoms with E-state index in [4.69, 9.17) is 9.47 Å². The van der Waals surface area contributed by atoms with E-state index in [-0.39, 0.29) is 5.97 Å². The highest BCUT2D eigenvalue weighted by atomic mass is 16.5. The van der Waals surface area contributed by atoms with E-state index < -0.39 is 5.54 Å². The Kier molecular flexibility index (Phi) is 4.24. The normalized spacial score (nSPS) is 21.5. The smallest absolute Gasteiger partial charge is 0.336 e. The molecule has 0 bridgehead atoms. The van der Waals surface area contributed by atoms with Crippen LogP contribution in [0.25, 0.3) is 17.4 Å². The minimum Gasteiger partial charge on any atom is -0.476 e. The first-order valence-corrected chi connectivity index (χ1v) is 7.68. The van der Waals surface area contributed by atoms with Gasteiger partial charge in [0.1, 0.15) is 12.7 Å². The Labute approximate surface area is 138 Å². The molecular weight excluding hydrogens is 312 g/mol. The zero-order valence-corrected chi connectivity index (χ0v) is 13.8. The predicted molar refractivity (Wildman–Crippen MR) is 85.3 cm³/mol. The van der Waals surface area contributed by atoms with Crippen molar-refractivity contribution in [3.05, 3.63) is 18.4 Å². The minimum atomic E-state index is -0.982. The van der Waals surface area contributed by atoms with Crippen molar-refractivity contribution in [1.82, 2.24) is 19.5 Å². The van der Waals surface area contributed by atoms with Gasteiger partial charge in [-0.3, -0.25) is 4.57 Å². The van der Waals surface area contributed by atoms with Gasteiger partial charge in [0.05, 0.1) is 18.9 Å². The highest BCUT2D eigenvalue weighted by molar-refractivity contribution is 5.82. The summed E-state index contributed by atoms with van der Waals surface area (Å²) in [5, 5.41) is 8.16. The van der Waals surface area contributed by atoms with Crippen molar-refractivity contribution in [1.29, 1.82) is 0 Å². The number of aromatic nitrogens is 4. The first-order chi connectivity index (χ1) is 11.6. The Morgan fingerprint density at radius 3 is 2.92 bits per heavy atom. The maximum Gasteiger partial charge on any atom is 0.336 e. The molecule has 1 aliphatic heterocycles. The number of carbonyl (C=O) groups excluding carboxylic acids is 1. The van der Waals surface area contributed by atoms with Gasteiger partial charge in [0.15, 0.2) is 16.7 Å². The van der Waals surface area contributed by atoms with E-state index in [9.17, 15) is 4.79 Å². The molecule has 0 saturated heterocycles. The van der Waals surface area contributed by atoms with E-state index in [2.05, 4.69) is 25.2 Å². The number of esters is 1. The lowest BCUT2D eigenvalue weighted by molar-refractivity contribution is -0.148. The maximum atomic E-state index is 12.0. The summed E-state index contributed by atoms with van der Waals surface area (Å²) in [4.78, 5) is 24.6. The van der Waals surface area contributed by atoms with Crippen LogP contribution < -0.4 is 4.74 Å². The van der Waals surface area contributed by atoms with Gasteiger partial charge < -0.3 is 9.47 Å². The lowest BCUT2D eigenvalue weighted by atomic mass is 9.99. The van der Waals surface area contributed by atoms with Crippen molar-refractivity contribution < 1.29 is 14.3 Å². The van der Waals surface area contributed by atoms with Gasteiger partial charge in [0.2, 0.25) is 5.88 Å². The first kappa shape index (κ1) is 16.0. The molecule has 126 valence electrons. The molecule has 9 nitrogen and oxygen atoms in total. The van der Waals surface area contributed by atoms with Gasteiger partial charge in [-0.1, -0.05) is 0 Å². The van der Waals surface area contributed by atoms with Crippen LogP contribution in [0, 0.1) is 0 Å². The molecule has 0 aromatic carbocycles. The summed E-state index contributed by atoms with van der Waals surface area (Å²) in [5.74, 6) is 0.0534. The average molecular weight is 330 g/mol. The van der Waals surface area contributed by atoms with Gasteiger partial charge in [-0.2, -0.15) is 15.2 Å². The minimum absolute atomic E-state index is 0.312. The lowest BCUT2D eigenvalue weighted by Crippen LogP contribution is -2.32. The topological polar surface area (TPSA) is 104 Å². The van der Waals surface area contributed by atoms with Gasteiger partial charge in [-0.15, -0.1) is 0 Å². The van der Waals surface area contributed by atoms with Crippen LogP contribution in [0.15, 0.2) is 28.6 Å². The van der Waals surface area contributed by atoms with Crippen LogP contribution in [0.4, 0.5) is 0 Å². The van der Waals surface area contributed by atoms with Crippen LogP contribution >= 0.6 is 0 Å². The van der Waals surface area contributed by atoms with Crippen molar-refractivity contribution in [3.63, 3.8) is 0 Å². The summed E-state index contributed by atoms with van der Waals surface area (Å²) in [6, 6.07) is 0. The van der Waals surface area contributed by atoms with Crippen molar-refractivity contribution in [2.75, 3.05) is 13.2 Å². The second-order valence-electron chi connectivity index (χ2n) is 5.43. The molecule has 3 heterocycles. The monoisotopic (exact) mass is 330 g/mol. The Morgan fingerprint density at radius 1 is 1.33 bits per heavy atom. The van der Waals surface area contributed by atoms with Crippen molar-refractivity contribution >= 4 is 23.3 Å². The van der Waals surface area contributed by atoms with Crippen molar-refractivity contribution in [3.8, 4) is 5.88 Å². The number of hydrogen-bond acceptors (Lipinski definition) is 8. The largest absolute Gasteiger partial charge is 0.476 e. The number of rotatable bonds is 5. The fraction of sp³-hybridized carbons (Fsp3) is 0.467. The van der Waals surface area contributed by atoms with Crippen molar-refractivity contribution in [2.24, 2.45) is 10.2 Å². The Bertz CT molecular complexity index is 828. The SMILES string of the molecule is CCOC(=O)C1(C)C/C(=C\n2cnc3c(OCC)ncnc32)N=N1. The van der Waals surface area contributed by atoms with Gasteiger partial charge in [0.25, 0.3) is 0 Å². The lowest BCUT2D eigenvalue weighted by Gasteiger charge is -2.15.